The molecule has 3 heteroatoms. The lowest BCUT2D eigenvalue weighted by Crippen LogP contribution is -2.08. The fourth-order valence-corrected chi connectivity index (χ4v) is 2.22. The summed E-state index contributed by atoms with van der Waals surface area (Å²) in [5, 5.41) is 2.35. The van der Waals surface area contributed by atoms with Crippen LogP contribution in [0, 0.1) is 0 Å². The molecule has 0 heterocycles. The average Bonchev–Trinajstić information content (AvgIpc) is 2.59. The third-order valence-corrected chi connectivity index (χ3v) is 3.36. The molecule has 110 valence electrons. The van der Waals surface area contributed by atoms with E-state index in [1.807, 2.05) is 30.3 Å². The number of aldehydes is 1. The van der Waals surface area contributed by atoms with Gasteiger partial charge in [-0.3, -0.25) is 4.79 Å². The Bertz CT molecular complexity index is 763. The zero-order valence-electron chi connectivity index (χ0n) is 12.1. The first kappa shape index (κ1) is 14.1. The van der Waals surface area contributed by atoms with Crippen molar-refractivity contribution in [1.82, 2.24) is 0 Å². The molecule has 0 unspecified atom stereocenters. The smallest absolute Gasteiger partial charge is 0.150 e. The second-order valence-electron chi connectivity index (χ2n) is 4.89. The van der Waals surface area contributed by atoms with Crippen LogP contribution in [0.1, 0.15) is 10.4 Å². The molecule has 3 aromatic carbocycles. The van der Waals surface area contributed by atoms with Crippen molar-refractivity contribution in [3.05, 3.63) is 72.3 Å². The minimum absolute atomic E-state index is 0.452. The van der Waals surface area contributed by atoms with E-state index in [0.717, 1.165) is 23.2 Å². The number of ether oxygens (including phenoxy) is 2. The van der Waals surface area contributed by atoms with Crippen molar-refractivity contribution < 1.29 is 14.3 Å². The van der Waals surface area contributed by atoms with Crippen LogP contribution in [0.4, 0.5) is 0 Å². The summed E-state index contributed by atoms with van der Waals surface area (Å²) in [4.78, 5) is 10.6. The Labute approximate surface area is 129 Å². The number of hydrogen-bond donors (Lipinski definition) is 0. The minimum atomic E-state index is 0.452. The minimum Gasteiger partial charge on any atom is -0.490 e. The molecule has 0 bridgehead atoms. The molecule has 0 N–H and O–H groups in total. The van der Waals surface area contributed by atoms with Crippen LogP contribution in [0.3, 0.4) is 0 Å². The summed E-state index contributed by atoms with van der Waals surface area (Å²) in [6.07, 6.45) is 0.812. The highest BCUT2D eigenvalue weighted by atomic mass is 16.5. The van der Waals surface area contributed by atoms with Crippen molar-refractivity contribution in [2.24, 2.45) is 0 Å². The third-order valence-electron chi connectivity index (χ3n) is 3.36. The number of benzene rings is 3. The normalized spacial score (nSPS) is 10.4. The van der Waals surface area contributed by atoms with Gasteiger partial charge in [-0.2, -0.15) is 0 Å². The molecule has 22 heavy (non-hydrogen) atoms. The van der Waals surface area contributed by atoms with Crippen LogP contribution in [0.2, 0.25) is 0 Å². The van der Waals surface area contributed by atoms with E-state index in [9.17, 15) is 4.79 Å². The Hall–Kier alpha value is -2.81. The molecule has 0 fully saturated rings. The molecule has 0 saturated heterocycles. The molecule has 3 nitrogen and oxygen atoms in total. The van der Waals surface area contributed by atoms with E-state index in [0.29, 0.717) is 18.8 Å². The van der Waals surface area contributed by atoms with E-state index >= 15 is 0 Å². The molecule has 0 amide bonds. The van der Waals surface area contributed by atoms with E-state index in [1.165, 1.54) is 5.39 Å². The maximum absolute atomic E-state index is 10.6. The van der Waals surface area contributed by atoms with Gasteiger partial charge in [-0.1, -0.05) is 30.3 Å². The second-order valence-corrected chi connectivity index (χ2v) is 4.89. The van der Waals surface area contributed by atoms with Crippen molar-refractivity contribution in [1.29, 1.82) is 0 Å². The Morgan fingerprint density at radius 2 is 1.36 bits per heavy atom. The molecule has 0 aliphatic heterocycles. The molecule has 0 aliphatic carbocycles. The summed E-state index contributed by atoms with van der Waals surface area (Å²) in [5.41, 5.74) is 0.639. The summed E-state index contributed by atoms with van der Waals surface area (Å²) >= 11 is 0. The van der Waals surface area contributed by atoms with Crippen LogP contribution in [0.15, 0.2) is 66.7 Å². The van der Waals surface area contributed by atoms with E-state index < -0.39 is 0 Å². The van der Waals surface area contributed by atoms with E-state index in [4.69, 9.17) is 9.47 Å². The number of hydrogen-bond acceptors (Lipinski definition) is 3. The summed E-state index contributed by atoms with van der Waals surface area (Å²) in [6, 6.07) is 21.2. The third kappa shape index (κ3) is 3.44. The van der Waals surface area contributed by atoms with Gasteiger partial charge < -0.3 is 9.47 Å². The van der Waals surface area contributed by atoms with Gasteiger partial charge in [0.2, 0.25) is 0 Å². The van der Waals surface area contributed by atoms with Crippen LogP contribution in [0.25, 0.3) is 10.8 Å². The molecule has 0 aromatic heterocycles. The maximum atomic E-state index is 10.6. The highest BCUT2D eigenvalue weighted by Crippen LogP contribution is 2.20. The maximum Gasteiger partial charge on any atom is 0.150 e. The van der Waals surface area contributed by atoms with Crippen molar-refractivity contribution >= 4 is 17.1 Å². The largest absolute Gasteiger partial charge is 0.490 e. The van der Waals surface area contributed by atoms with Crippen LogP contribution in [-0.2, 0) is 0 Å². The number of carbonyl (C=O) groups excluding carboxylic acids is 1. The van der Waals surface area contributed by atoms with Crippen LogP contribution in [-0.4, -0.2) is 19.5 Å². The predicted octanol–water partition coefficient (Wildman–Crippen LogP) is 4.11. The van der Waals surface area contributed by atoms with Crippen LogP contribution >= 0.6 is 0 Å². The molecule has 0 atom stereocenters. The van der Waals surface area contributed by atoms with E-state index in [2.05, 4.69) is 12.1 Å². The highest BCUT2D eigenvalue weighted by molar-refractivity contribution is 5.83. The first-order chi connectivity index (χ1) is 10.8. The summed E-state index contributed by atoms with van der Waals surface area (Å²) in [5.74, 6) is 1.56. The van der Waals surface area contributed by atoms with Crippen LogP contribution in [0.5, 0.6) is 11.5 Å². The van der Waals surface area contributed by atoms with Gasteiger partial charge in [0, 0.05) is 5.56 Å². The van der Waals surface area contributed by atoms with Crippen molar-refractivity contribution in [3.63, 3.8) is 0 Å². The lowest BCUT2D eigenvalue weighted by atomic mass is 10.1. The summed E-state index contributed by atoms with van der Waals surface area (Å²) < 4.78 is 11.3. The Morgan fingerprint density at radius 1 is 0.727 bits per heavy atom. The molecular formula is C19H16O3. The molecular weight excluding hydrogens is 276 g/mol. The highest BCUT2D eigenvalue weighted by Gasteiger charge is 1.98. The van der Waals surface area contributed by atoms with Crippen molar-refractivity contribution in [2.75, 3.05) is 13.2 Å². The summed E-state index contributed by atoms with van der Waals surface area (Å²) in [7, 11) is 0. The second kappa shape index (κ2) is 6.76. The summed E-state index contributed by atoms with van der Waals surface area (Å²) in [6.45, 7) is 0.918. The SMILES string of the molecule is O=Cc1ccc(OCCOc2ccc3ccccc3c2)cc1. The molecule has 3 rings (SSSR count). The van der Waals surface area contributed by atoms with Crippen molar-refractivity contribution in [3.8, 4) is 11.5 Å². The van der Waals surface area contributed by atoms with Crippen molar-refractivity contribution in [2.45, 2.75) is 0 Å². The fourth-order valence-electron chi connectivity index (χ4n) is 2.22. The molecule has 3 aromatic rings. The first-order valence-electron chi connectivity index (χ1n) is 7.15. The zero-order valence-corrected chi connectivity index (χ0v) is 12.1. The molecule has 0 radical (unpaired) electrons. The van der Waals surface area contributed by atoms with Gasteiger partial charge in [-0.15, -0.1) is 0 Å². The van der Waals surface area contributed by atoms with Gasteiger partial charge in [0.15, 0.2) is 0 Å². The average molecular weight is 292 g/mol. The lowest BCUT2D eigenvalue weighted by Gasteiger charge is -2.09. The number of rotatable bonds is 6. The van der Waals surface area contributed by atoms with E-state index in [-0.39, 0.29) is 0 Å². The quantitative estimate of drug-likeness (QED) is 0.506. The topological polar surface area (TPSA) is 35.5 Å². The lowest BCUT2D eigenvalue weighted by molar-refractivity contribution is 0.112. The number of carbonyl (C=O) groups is 1. The van der Waals surface area contributed by atoms with E-state index in [1.54, 1.807) is 24.3 Å². The molecule has 0 aliphatic rings. The van der Waals surface area contributed by atoms with Gasteiger partial charge >= 0.3 is 0 Å². The van der Waals surface area contributed by atoms with Gasteiger partial charge in [0.05, 0.1) is 0 Å². The Kier molecular flexibility index (Phi) is 4.35. The van der Waals surface area contributed by atoms with Gasteiger partial charge in [-0.05, 0) is 47.2 Å². The zero-order chi connectivity index (χ0) is 15.2. The van der Waals surface area contributed by atoms with Crippen LogP contribution < -0.4 is 9.47 Å². The predicted molar refractivity (Wildman–Crippen MR) is 86.8 cm³/mol. The number of fused-ring (bicyclic) bond motifs is 1. The molecule has 0 saturated carbocycles. The Morgan fingerprint density at radius 3 is 2.09 bits per heavy atom. The standard InChI is InChI=1S/C19H16O3/c20-14-15-5-8-18(9-6-15)21-11-12-22-19-10-7-16-3-1-2-4-17(16)13-19/h1-10,13-14H,11-12H2. The molecule has 0 spiro atoms. The Balaban J connectivity index is 1.52. The monoisotopic (exact) mass is 292 g/mol. The van der Waals surface area contributed by atoms with Gasteiger partial charge in [0.1, 0.15) is 31.0 Å². The van der Waals surface area contributed by atoms with Gasteiger partial charge in [-0.25, -0.2) is 0 Å². The first-order valence-corrected chi connectivity index (χ1v) is 7.15. The fraction of sp³-hybridized carbons (Fsp3) is 0.105. The van der Waals surface area contributed by atoms with Gasteiger partial charge in [0.25, 0.3) is 0 Å².